The number of aromatic hydroxyl groups is 1. The van der Waals surface area contributed by atoms with Gasteiger partial charge in [0.2, 0.25) is 0 Å². The van der Waals surface area contributed by atoms with Crippen molar-refractivity contribution in [2.24, 2.45) is 5.92 Å². The molecule has 0 spiro atoms. The van der Waals surface area contributed by atoms with E-state index in [1.54, 1.807) is 0 Å². The van der Waals surface area contributed by atoms with E-state index < -0.39 is 0 Å². The SMILES string of the molecule is C=CCCCCN1CC[C@]2(C)c3cc(O)ccc3C[C@H]1[C@@H]2C. The highest BCUT2D eigenvalue weighted by atomic mass is 16.3. The molecule has 1 N–H and O–H groups in total. The Kier molecular flexibility index (Phi) is 4.31. The number of phenolic OH excluding ortho intramolecular Hbond substituents is 1. The van der Waals surface area contributed by atoms with Gasteiger partial charge >= 0.3 is 0 Å². The maximum absolute atomic E-state index is 9.89. The third kappa shape index (κ3) is 2.58. The molecule has 120 valence electrons. The molecule has 3 rings (SSSR count). The second-order valence-electron chi connectivity index (χ2n) is 7.39. The van der Waals surface area contributed by atoms with Crippen LogP contribution in [0, 0.1) is 5.92 Å². The minimum absolute atomic E-state index is 0.217. The van der Waals surface area contributed by atoms with Gasteiger partial charge in [-0.1, -0.05) is 26.0 Å². The Balaban J connectivity index is 1.80. The number of hydrogen-bond donors (Lipinski definition) is 1. The first-order valence-electron chi connectivity index (χ1n) is 8.73. The molecule has 1 saturated heterocycles. The lowest BCUT2D eigenvalue weighted by Crippen LogP contribution is -2.58. The number of likely N-dealkylation sites (tertiary alicyclic amines) is 1. The summed E-state index contributed by atoms with van der Waals surface area (Å²) in [5, 5.41) is 9.89. The van der Waals surface area contributed by atoms with Crippen LogP contribution in [0.1, 0.15) is 50.7 Å². The van der Waals surface area contributed by atoms with Crippen LogP contribution in [0.5, 0.6) is 5.75 Å². The van der Waals surface area contributed by atoms with E-state index in [2.05, 4.69) is 31.4 Å². The molecule has 2 heteroatoms. The number of hydrogen-bond acceptors (Lipinski definition) is 2. The molecule has 2 bridgehead atoms. The number of unbranched alkanes of at least 4 members (excludes halogenated alkanes) is 2. The Bertz CT molecular complexity index is 553. The molecular formula is C20H29NO. The molecule has 0 saturated carbocycles. The quantitative estimate of drug-likeness (QED) is 0.648. The van der Waals surface area contributed by atoms with Gasteiger partial charge in [-0.15, -0.1) is 6.58 Å². The van der Waals surface area contributed by atoms with Crippen LogP contribution in [0.15, 0.2) is 30.9 Å². The van der Waals surface area contributed by atoms with Crippen molar-refractivity contribution in [3.8, 4) is 5.75 Å². The first-order chi connectivity index (χ1) is 10.6. The number of allylic oxidation sites excluding steroid dienone is 1. The predicted octanol–water partition coefficient (Wildman–Crippen LogP) is 4.27. The summed E-state index contributed by atoms with van der Waals surface area (Å²) in [4.78, 5) is 2.71. The zero-order valence-corrected chi connectivity index (χ0v) is 14.0. The maximum Gasteiger partial charge on any atom is 0.115 e. The van der Waals surface area contributed by atoms with E-state index in [0.717, 1.165) is 12.8 Å². The zero-order chi connectivity index (χ0) is 15.7. The van der Waals surface area contributed by atoms with E-state index in [1.807, 2.05) is 18.2 Å². The highest BCUT2D eigenvalue weighted by Crippen LogP contribution is 2.49. The minimum atomic E-state index is 0.217. The third-order valence-corrected chi connectivity index (χ3v) is 6.21. The molecule has 1 aliphatic carbocycles. The van der Waals surface area contributed by atoms with Crippen molar-refractivity contribution in [3.63, 3.8) is 0 Å². The maximum atomic E-state index is 9.89. The highest BCUT2D eigenvalue weighted by molar-refractivity contribution is 5.44. The van der Waals surface area contributed by atoms with Crippen LogP contribution in [0.2, 0.25) is 0 Å². The lowest BCUT2D eigenvalue weighted by Gasteiger charge is -2.54. The Morgan fingerprint density at radius 2 is 2.23 bits per heavy atom. The topological polar surface area (TPSA) is 23.5 Å². The molecule has 0 amide bonds. The molecule has 1 aromatic rings. The second-order valence-corrected chi connectivity index (χ2v) is 7.39. The standard InChI is InChI=1S/C20H29NO/c1-4-5-6-7-11-21-12-10-20(3)15(2)19(21)13-16-8-9-17(22)14-18(16)20/h4,8-9,14-15,19,22H,1,5-7,10-13H2,2-3H3/t15-,19-,20-/m0/s1. The van der Waals surface area contributed by atoms with Gasteiger partial charge < -0.3 is 5.11 Å². The summed E-state index contributed by atoms with van der Waals surface area (Å²) in [5.41, 5.74) is 3.05. The summed E-state index contributed by atoms with van der Waals surface area (Å²) < 4.78 is 0. The van der Waals surface area contributed by atoms with Gasteiger partial charge in [0.1, 0.15) is 5.75 Å². The fourth-order valence-corrected chi connectivity index (χ4v) is 4.58. The van der Waals surface area contributed by atoms with Crippen molar-refractivity contribution in [1.29, 1.82) is 0 Å². The van der Waals surface area contributed by atoms with Crippen molar-refractivity contribution < 1.29 is 5.11 Å². The average molecular weight is 299 g/mol. The van der Waals surface area contributed by atoms with Crippen molar-refractivity contribution in [2.45, 2.75) is 57.4 Å². The number of rotatable bonds is 5. The number of benzene rings is 1. The highest BCUT2D eigenvalue weighted by Gasteiger charge is 2.48. The summed E-state index contributed by atoms with van der Waals surface area (Å²) in [6, 6.07) is 6.66. The zero-order valence-electron chi connectivity index (χ0n) is 14.0. The molecule has 1 aromatic carbocycles. The summed E-state index contributed by atoms with van der Waals surface area (Å²) in [5.74, 6) is 1.06. The number of piperidine rings is 1. The molecule has 3 atom stereocenters. The Labute approximate surface area is 134 Å². The largest absolute Gasteiger partial charge is 0.508 e. The predicted molar refractivity (Wildman–Crippen MR) is 92.4 cm³/mol. The minimum Gasteiger partial charge on any atom is -0.508 e. The van der Waals surface area contributed by atoms with Crippen molar-refractivity contribution in [1.82, 2.24) is 4.90 Å². The van der Waals surface area contributed by atoms with Gasteiger partial charge in [-0.3, -0.25) is 4.90 Å². The van der Waals surface area contributed by atoms with Crippen molar-refractivity contribution >= 4 is 0 Å². The first kappa shape index (κ1) is 15.6. The lowest BCUT2D eigenvalue weighted by molar-refractivity contribution is 0.0304. The number of fused-ring (bicyclic) bond motifs is 4. The van der Waals surface area contributed by atoms with E-state index in [9.17, 15) is 5.11 Å². The average Bonchev–Trinajstić information content (AvgIpc) is 2.50. The van der Waals surface area contributed by atoms with Crippen molar-refractivity contribution in [3.05, 3.63) is 42.0 Å². The van der Waals surface area contributed by atoms with Crippen molar-refractivity contribution in [2.75, 3.05) is 13.1 Å². The van der Waals surface area contributed by atoms with E-state index in [0.29, 0.717) is 17.7 Å². The molecule has 0 aromatic heterocycles. The summed E-state index contributed by atoms with van der Waals surface area (Å²) in [6.07, 6.45) is 8.01. The fourth-order valence-electron chi connectivity index (χ4n) is 4.58. The molecular weight excluding hydrogens is 270 g/mol. The third-order valence-electron chi connectivity index (χ3n) is 6.21. The van der Waals surface area contributed by atoms with Crippen LogP contribution in [0.25, 0.3) is 0 Å². The van der Waals surface area contributed by atoms with E-state index in [1.165, 1.54) is 43.5 Å². The molecule has 2 nitrogen and oxygen atoms in total. The smallest absolute Gasteiger partial charge is 0.115 e. The number of phenols is 1. The van der Waals surface area contributed by atoms with Crippen LogP contribution in [0.4, 0.5) is 0 Å². The van der Waals surface area contributed by atoms with E-state index >= 15 is 0 Å². The molecule has 22 heavy (non-hydrogen) atoms. The lowest BCUT2D eigenvalue weighted by atomic mass is 9.59. The first-order valence-corrected chi connectivity index (χ1v) is 8.73. The monoisotopic (exact) mass is 299 g/mol. The van der Waals surface area contributed by atoms with Crippen LogP contribution in [-0.4, -0.2) is 29.1 Å². The molecule has 0 unspecified atom stereocenters. The Hall–Kier alpha value is -1.28. The number of nitrogens with zero attached hydrogens (tertiary/aromatic N) is 1. The summed E-state index contributed by atoms with van der Waals surface area (Å²) >= 11 is 0. The van der Waals surface area contributed by atoms with Gasteiger partial charge in [-0.05, 0) is 79.8 Å². The van der Waals surface area contributed by atoms with Gasteiger partial charge in [0.15, 0.2) is 0 Å². The molecule has 0 radical (unpaired) electrons. The van der Waals surface area contributed by atoms with Gasteiger partial charge in [0.25, 0.3) is 0 Å². The van der Waals surface area contributed by atoms with Crippen LogP contribution < -0.4 is 0 Å². The van der Waals surface area contributed by atoms with Gasteiger partial charge in [0, 0.05) is 6.04 Å². The van der Waals surface area contributed by atoms with E-state index in [4.69, 9.17) is 0 Å². The molecule has 1 aliphatic heterocycles. The summed E-state index contributed by atoms with van der Waals surface area (Å²) in [7, 11) is 0. The van der Waals surface area contributed by atoms with E-state index in [-0.39, 0.29) is 5.41 Å². The van der Waals surface area contributed by atoms with Gasteiger partial charge in [0.05, 0.1) is 0 Å². The fraction of sp³-hybridized carbons (Fsp3) is 0.600. The normalized spacial score (nSPS) is 30.8. The Morgan fingerprint density at radius 3 is 3.00 bits per heavy atom. The van der Waals surface area contributed by atoms with Crippen LogP contribution in [0.3, 0.4) is 0 Å². The summed E-state index contributed by atoms with van der Waals surface area (Å²) in [6.45, 7) is 11.0. The second kappa shape index (κ2) is 6.08. The molecule has 1 fully saturated rings. The van der Waals surface area contributed by atoms with Gasteiger partial charge in [-0.2, -0.15) is 0 Å². The molecule has 2 aliphatic rings. The van der Waals surface area contributed by atoms with Crippen LogP contribution in [-0.2, 0) is 11.8 Å². The molecule has 1 heterocycles. The Morgan fingerprint density at radius 1 is 1.41 bits per heavy atom. The van der Waals surface area contributed by atoms with Gasteiger partial charge in [-0.25, -0.2) is 0 Å². The van der Waals surface area contributed by atoms with Crippen LogP contribution >= 0.6 is 0 Å².